The van der Waals surface area contributed by atoms with Crippen molar-refractivity contribution in [2.24, 2.45) is 11.8 Å². The molecule has 1 aliphatic rings. The van der Waals surface area contributed by atoms with Crippen LogP contribution in [0.15, 0.2) is 6.07 Å². The first-order valence-corrected chi connectivity index (χ1v) is 8.31. The molecule has 23 heavy (non-hydrogen) atoms. The minimum atomic E-state index is -0.729. The van der Waals surface area contributed by atoms with Gasteiger partial charge in [0.05, 0.1) is 14.2 Å². The maximum absolute atomic E-state index is 11.9. The minimum absolute atomic E-state index is 0.252. The van der Waals surface area contributed by atoms with E-state index in [4.69, 9.17) is 4.74 Å². The van der Waals surface area contributed by atoms with Crippen LogP contribution in [-0.4, -0.2) is 38.6 Å². The average molecular weight is 338 g/mol. The first-order chi connectivity index (χ1) is 11.0. The molecule has 2 rings (SSSR count). The number of rotatable bonds is 5. The fraction of sp³-hybridized carbons (Fsp3) is 0.562. The Kier molecular flexibility index (Phi) is 6.15. The van der Waals surface area contributed by atoms with Crippen LogP contribution >= 0.6 is 11.3 Å². The summed E-state index contributed by atoms with van der Waals surface area (Å²) in [6, 6.07) is 4.70. The molecule has 0 aromatic carbocycles. The van der Waals surface area contributed by atoms with Gasteiger partial charge in [0.2, 0.25) is 5.91 Å². The number of amides is 1. The van der Waals surface area contributed by atoms with Crippen LogP contribution in [-0.2, 0) is 25.5 Å². The highest BCUT2D eigenvalue weighted by atomic mass is 32.1. The van der Waals surface area contributed by atoms with Gasteiger partial charge >= 0.3 is 11.9 Å². The first kappa shape index (κ1) is 17.5. The van der Waals surface area contributed by atoms with Crippen molar-refractivity contribution in [2.75, 3.05) is 20.8 Å². The monoisotopic (exact) mass is 338 g/mol. The lowest BCUT2D eigenvalue weighted by atomic mass is 9.89. The van der Waals surface area contributed by atoms with Crippen LogP contribution in [0.1, 0.15) is 33.8 Å². The second-order valence-corrected chi connectivity index (χ2v) is 6.61. The van der Waals surface area contributed by atoms with Crippen molar-refractivity contribution >= 4 is 29.2 Å². The number of hydrogen-bond donors (Lipinski definition) is 1. The van der Waals surface area contributed by atoms with Gasteiger partial charge in [0.25, 0.3) is 0 Å². The van der Waals surface area contributed by atoms with E-state index in [0.29, 0.717) is 17.8 Å². The Morgan fingerprint density at radius 3 is 2.87 bits per heavy atom. The van der Waals surface area contributed by atoms with E-state index in [2.05, 4.69) is 16.1 Å². The Morgan fingerprint density at radius 2 is 2.17 bits per heavy atom. The summed E-state index contributed by atoms with van der Waals surface area (Å²) in [5.41, 5.74) is 0. The molecule has 1 aliphatic heterocycles. The minimum Gasteiger partial charge on any atom is -0.468 e. The number of carbonyl (C=O) groups is 3. The molecule has 0 spiro atoms. The van der Waals surface area contributed by atoms with E-state index in [1.165, 1.54) is 25.6 Å². The summed E-state index contributed by atoms with van der Waals surface area (Å²) >= 11 is 1.37. The highest BCUT2D eigenvalue weighted by Crippen LogP contribution is 2.26. The summed E-state index contributed by atoms with van der Waals surface area (Å²) in [5.74, 6) is -1.59. The number of esters is 2. The van der Waals surface area contributed by atoms with Gasteiger partial charge in [-0.1, -0.05) is 0 Å². The number of aryl methyl sites for hydroxylation is 1. The highest BCUT2D eigenvalue weighted by Gasteiger charge is 2.32. The standard InChI is InChI=1S/C16H20NO5S/c1-21-15(19)12-9-10(7-8-17-14(12)18)3-4-11-5-6-13(23-11)16(20)22-2/h5,10,12H,3-4,7-9H2,1-2H3,(H,17,18). The van der Waals surface area contributed by atoms with E-state index in [1.54, 1.807) is 6.07 Å². The number of methoxy groups -OCH3 is 2. The van der Waals surface area contributed by atoms with Crippen molar-refractivity contribution in [3.8, 4) is 0 Å². The topological polar surface area (TPSA) is 81.7 Å². The van der Waals surface area contributed by atoms with Gasteiger partial charge in [-0.05, 0) is 37.7 Å². The zero-order chi connectivity index (χ0) is 16.8. The fourth-order valence-corrected chi connectivity index (χ4v) is 3.57. The Bertz CT molecular complexity index is 583. The molecular weight excluding hydrogens is 318 g/mol. The number of thiophene rings is 1. The van der Waals surface area contributed by atoms with E-state index in [-0.39, 0.29) is 17.8 Å². The lowest BCUT2D eigenvalue weighted by molar-refractivity contribution is -0.150. The fourth-order valence-electron chi connectivity index (χ4n) is 2.69. The second kappa shape index (κ2) is 8.10. The SMILES string of the molecule is COC(=O)c1[c]cc(CCC2CCNC(=O)C(C(=O)OC)C2)s1. The number of ether oxygens (including phenoxy) is 2. The van der Waals surface area contributed by atoms with Crippen molar-refractivity contribution in [1.29, 1.82) is 0 Å². The van der Waals surface area contributed by atoms with E-state index >= 15 is 0 Å². The van der Waals surface area contributed by atoms with Crippen molar-refractivity contribution in [3.63, 3.8) is 0 Å². The van der Waals surface area contributed by atoms with Crippen LogP contribution in [0.3, 0.4) is 0 Å². The molecular formula is C16H20NO5S. The zero-order valence-corrected chi connectivity index (χ0v) is 14.0. The third kappa shape index (κ3) is 4.54. The predicted molar refractivity (Wildman–Crippen MR) is 84.1 cm³/mol. The van der Waals surface area contributed by atoms with Crippen LogP contribution in [0.25, 0.3) is 0 Å². The predicted octanol–water partition coefficient (Wildman–Crippen LogP) is 1.58. The summed E-state index contributed by atoms with van der Waals surface area (Å²) in [7, 11) is 2.64. The molecule has 1 N–H and O–H groups in total. The molecule has 0 aliphatic carbocycles. The molecule has 1 amide bonds. The molecule has 2 heterocycles. The van der Waals surface area contributed by atoms with Gasteiger partial charge in [0.1, 0.15) is 10.8 Å². The van der Waals surface area contributed by atoms with E-state index in [1.807, 2.05) is 0 Å². The Hall–Kier alpha value is -1.89. The smallest absolute Gasteiger partial charge is 0.348 e. The maximum Gasteiger partial charge on any atom is 0.348 e. The van der Waals surface area contributed by atoms with Crippen LogP contribution in [0.5, 0.6) is 0 Å². The van der Waals surface area contributed by atoms with Crippen LogP contribution in [0, 0.1) is 17.9 Å². The molecule has 0 bridgehead atoms. The summed E-state index contributed by atoms with van der Waals surface area (Å²) in [6.45, 7) is 0.570. The van der Waals surface area contributed by atoms with E-state index < -0.39 is 11.9 Å². The van der Waals surface area contributed by atoms with Gasteiger partial charge in [0, 0.05) is 17.5 Å². The molecule has 125 valence electrons. The zero-order valence-electron chi connectivity index (χ0n) is 13.2. The molecule has 1 radical (unpaired) electrons. The molecule has 6 nitrogen and oxygen atoms in total. The molecule has 1 aromatic heterocycles. The maximum atomic E-state index is 11.9. The number of hydrogen-bond acceptors (Lipinski definition) is 6. The van der Waals surface area contributed by atoms with E-state index in [0.717, 1.165) is 24.1 Å². The van der Waals surface area contributed by atoms with Crippen molar-refractivity contribution < 1.29 is 23.9 Å². The molecule has 2 atom stereocenters. The summed E-state index contributed by atoms with van der Waals surface area (Å²) in [4.78, 5) is 36.5. The molecule has 1 saturated heterocycles. The van der Waals surface area contributed by atoms with Gasteiger partial charge in [-0.2, -0.15) is 0 Å². The van der Waals surface area contributed by atoms with Crippen molar-refractivity contribution in [1.82, 2.24) is 5.32 Å². The molecule has 7 heteroatoms. The third-order valence-electron chi connectivity index (χ3n) is 3.99. The summed E-state index contributed by atoms with van der Waals surface area (Å²) in [6.07, 6.45) is 2.96. The Morgan fingerprint density at radius 1 is 1.39 bits per heavy atom. The number of nitrogens with one attached hydrogen (secondary N) is 1. The molecule has 2 unspecified atom stereocenters. The quantitative estimate of drug-likeness (QED) is 0.651. The van der Waals surface area contributed by atoms with Crippen LogP contribution in [0.2, 0.25) is 0 Å². The van der Waals surface area contributed by atoms with Crippen LogP contribution in [0.4, 0.5) is 0 Å². The van der Waals surface area contributed by atoms with Gasteiger partial charge < -0.3 is 14.8 Å². The largest absolute Gasteiger partial charge is 0.468 e. The highest BCUT2D eigenvalue weighted by molar-refractivity contribution is 7.13. The summed E-state index contributed by atoms with van der Waals surface area (Å²) < 4.78 is 9.38. The molecule has 0 saturated carbocycles. The lowest BCUT2D eigenvalue weighted by Gasteiger charge is -2.16. The lowest BCUT2D eigenvalue weighted by Crippen LogP contribution is -2.34. The average Bonchev–Trinajstić information content (AvgIpc) is 2.96. The van der Waals surface area contributed by atoms with Crippen molar-refractivity contribution in [3.05, 3.63) is 21.9 Å². The molecule has 1 fully saturated rings. The van der Waals surface area contributed by atoms with E-state index in [9.17, 15) is 14.4 Å². The second-order valence-electron chi connectivity index (χ2n) is 5.47. The Balaban J connectivity index is 1.94. The van der Waals surface area contributed by atoms with Gasteiger partial charge in [0.15, 0.2) is 0 Å². The van der Waals surface area contributed by atoms with Gasteiger partial charge in [-0.15, -0.1) is 11.3 Å². The normalized spacial score (nSPS) is 21.2. The Labute approximate surface area is 139 Å². The summed E-state index contributed by atoms with van der Waals surface area (Å²) in [5, 5.41) is 2.76. The molecule has 1 aromatic rings. The third-order valence-corrected chi connectivity index (χ3v) is 5.06. The first-order valence-electron chi connectivity index (χ1n) is 7.49. The van der Waals surface area contributed by atoms with Gasteiger partial charge in [-0.3, -0.25) is 9.59 Å². The van der Waals surface area contributed by atoms with Crippen LogP contribution < -0.4 is 5.32 Å². The number of carbonyl (C=O) groups excluding carboxylic acids is 3. The van der Waals surface area contributed by atoms with Gasteiger partial charge in [-0.25, -0.2) is 4.79 Å². The van der Waals surface area contributed by atoms with Crippen molar-refractivity contribution in [2.45, 2.75) is 25.7 Å².